The van der Waals surface area contributed by atoms with E-state index in [1.807, 2.05) is 0 Å². The van der Waals surface area contributed by atoms with Crippen molar-refractivity contribution >= 4 is 11.8 Å². The first-order valence-corrected chi connectivity index (χ1v) is 5.43. The van der Waals surface area contributed by atoms with E-state index in [-0.39, 0.29) is 0 Å². The molecule has 1 unspecified atom stereocenters. The number of nitrogens with two attached hydrogens (primary N) is 1. The molecule has 0 aliphatic carbocycles. The number of rotatable bonds is 4. The second-order valence-corrected chi connectivity index (χ2v) is 4.34. The number of alkyl halides is 3. The van der Waals surface area contributed by atoms with Crippen LogP contribution in [0.4, 0.5) is 13.2 Å². The Bertz CT molecular complexity index is 326. The van der Waals surface area contributed by atoms with Gasteiger partial charge in [-0.1, -0.05) is 0 Å². The SMILES string of the molecule is COc1ccc(SC(CN)C(F)(F)F)cc1. The molecule has 0 radical (unpaired) electrons. The van der Waals surface area contributed by atoms with Crippen LogP contribution in [0, 0.1) is 0 Å². The molecule has 0 aliphatic rings. The van der Waals surface area contributed by atoms with Crippen molar-refractivity contribution in [2.24, 2.45) is 5.73 Å². The van der Waals surface area contributed by atoms with Crippen LogP contribution in [0.15, 0.2) is 29.2 Å². The standard InChI is InChI=1S/C10H12F3NOS/c1-15-7-2-4-8(5-3-7)16-9(6-14)10(11,12)13/h2-5,9H,6,14H2,1H3. The van der Waals surface area contributed by atoms with Gasteiger partial charge in [0.15, 0.2) is 0 Å². The van der Waals surface area contributed by atoms with Crippen molar-refractivity contribution in [3.8, 4) is 5.75 Å². The van der Waals surface area contributed by atoms with Gasteiger partial charge in [0, 0.05) is 11.4 Å². The maximum atomic E-state index is 12.4. The molecular formula is C10H12F3NOS. The second-order valence-electron chi connectivity index (χ2n) is 3.06. The highest BCUT2D eigenvalue weighted by molar-refractivity contribution is 8.00. The summed E-state index contributed by atoms with van der Waals surface area (Å²) in [5.41, 5.74) is 5.10. The van der Waals surface area contributed by atoms with Gasteiger partial charge in [-0.05, 0) is 24.3 Å². The number of ether oxygens (including phenoxy) is 1. The molecule has 0 aromatic heterocycles. The predicted molar refractivity (Wildman–Crippen MR) is 57.7 cm³/mol. The van der Waals surface area contributed by atoms with Crippen LogP contribution in [0.25, 0.3) is 0 Å². The van der Waals surface area contributed by atoms with E-state index >= 15 is 0 Å². The monoisotopic (exact) mass is 251 g/mol. The molecule has 0 spiro atoms. The molecule has 6 heteroatoms. The zero-order valence-electron chi connectivity index (χ0n) is 8.62. The van der Waals surface area contributed by atoms with E-state index in [0.717, 1.165) is 0 Å². The van der Waals surface area contributed by atoms with Gasteiger partial charge in [-0.25, -0.2) is 0 Å². The first kappa shape index (κ1) is 13.2. The summed E-state index contributed by atoms with van der Waals surface area (Å²) in [6.07, 6.45) is -4.28. The lowest BCUT2D eigenvalue weighted by molar-refractivity contribution is -0.126. The van der Waals surface area contributed by atoms with Crippen LogP contribution in [0.1, 0.15) is 0 Å². The van der Waals surface area contributed by atoms with Gasteiger partial charge in [-0.15, -0.1) is 11.8 Å². The Labute approximate surface area is 96.0 Å². The summed E-state index contributed by atoms with van der Waals surface area (Å²) in [7, 11) is 1.50. The van der Waals surface area contributed by atoms with E-state index in [0.29, 0.717) is 22.4 Å². The fourth-order valence-corrected chi connectivity index (χ4v) is 1.92. The number of hydrogen-bond donors (Lipinski definition) is 1. The smallest absolute Gasteiger partial charge is 0.402 e. The third-order valence-electron chi connectivity index (χ3n) is 1.92. The summed E-state index contributed by atoms with van der Waals surface area (Å²) in [4.78, 5) is 0.522. The van der Waals surface area contributed by atoms with Crippen LogP contribution >= 0.6 is 11.8 Å². The summed E-state index contributed by atoms with van der Waals surface area (Å²) in [5, 5.41) is -1.57. The van der Waals surface area contributed by atoms with Crippen LogP contribution < -0.4 is 10.5 Å². The quantitative estimate of drug-likeness (QED) is 0.836. The Kier molecular flexibility index (Phi) is 4.49. The topological polar surface area (TPSA) is 35.2 Å². The van der Waals surface area contributed by atoms with Gasteiger partial charge >= 0.3 is 6.18 Å². The van der Waals surface area contributed by atoms with E-state index in [1.54, 1.807) is 24.3 Å². The molecule has 1 rings (SSSR count). The summed E-state index contributed by atoms with van der Waals surface area (Å²) in [6.45, 7) is -0.430. The molecule has 2 nitrogen and oxygen atoms in total. The molecule has 0 saturated heterocycles. The molecule has 0 bridgehead atoms. The molecule has 0 amide bonds. The van der Waals surface area contributed by atoms with Crippen molar-refractivity contribution in [3.05, 3.63) is 24.3 Å². The average molecular weight is 251 g/mol. The minimum absolute atomic E-state index is 0.430. The molecule has 2 N–H and O–H groups in total. The van der Waals surface area contributed by atoms with Gasteiger partial charge < -0.3 is 10.5 Å². The molecule has 16 heavy (non-hydrogen) atoms. The summed E-state index contributed by atoms with van der Waals surface area (Å²) >= 11 is 0.709. The molecule has 0 fully saturated rings. The van der Waals surface area contributed by atoms with Crippen LogP contribution in [-0.2, 0) is 0 Å². The van der Waals surface area contributed by atoms with Crippen LogP contribution in [0.3, 0.4) is 0 Å². The van der Waals surface area contributed by atoms with Gasteiger partial charge in [-0.2, -0.15) is 13.2 Å². The first-order valence-electron chi connectivity index (χ1n) is 4.55. The summed E-state index contributed by atoms with van der Waals surface area (Å²) in [5.74, 6) is 0.612. The Morgan fingerprint density at radius 2 is 1.88 bits per heavy atom. The molecule has 1 aromatic carbocycles. The van der Waals surface area contributed by atoms with Crippen molar-refractivity contribution in [3.63, 3.8) is 0 Å². The Morgan fingerprint density at radius 1 is 1.31 bits per heavy atom. The Morgan fingerprint density at radius 3 is 2.25 bits per heavy atom. The minimum atomic E-state index is -4.28. The normalized spacial score (nSPS) is 13.6. The zero-order chi connectivity index (χ0) is 12.2. The molecule has 0 saturated carbocycles. The third-order valence-corrected chi connectivity index (χ3v) is 3.21. The number of halogens is 3. The van der Waals surface area contributed by atoms with Crippen molar-refractivity contribution < 1.29 is 17.9 Å². The highest BCUT2D eigenvalue weighted by Crippen LogP contribution is 2.34. The Hall–Kier alpha value is -0.880. The second kappa shape index (κ2) is 5.45. The molecule has 0 heterocycles. The predicted octanol–water partition coefficient (Wildman–Crippen LogP) is 2.68. The third kappa shape index (κ3) is 3.61. The molecular weight excluding hydrogens is 239 g/mol. The number of benzene rings is 1. The Balaban J connectivity index is 2.71. The van der Waals surface area contributed by atoms with Crippen molar-refractivity contribution in [2.75, 3.05) is 13.7 Å². The van der Waals surface area contributed by atoms with Crippen molar-refractivity contribution in [1.82, 2.24) is 0 Å². The zero-order valence-corrected chi connectivity index (χ0v) is 9.44. The van der Waals surface area contributed by atoms with Crippen LogP contribution in [-0.4, -0.2) is 25.1 Å². The number of thioether (sulfide) groups is 1. The highest BCUT2D eigenvalue weighted by atomic mass is 32.2. The van der Waals surface area contributed by atoms with Crippen LogP contribution in [0.5, 0.6) is 5.75 Å². The van der Waals surface area contributed by atoms with Gasteiger partial charge in [-0.3, -0.25) is 0 Å². The van der Waals surface area contributed by atoms with E-state index in [4.69, 9.17) is 10.5 Å². The van der Waals surface area contributed by atoms with E-state index in [1.165, 1.54) is 7.11 Å². The first-order chi connectivity index (χ1) is 7.47. The van der Waals surface area contributed by atoms with Crippen molar-refractivity contribution in [2.45, 2.75) is 16.3 Å². The maximum absolute atomic E-state index is 12.4. The largest absolute Gasteiger partial charge is 0.497 e. The summed E-state index contributed by atoms with van der Waals surface area (Å²) in [6, 6.07) is 6.40. The van der Waals surface area contributed by atoms with Gasteiger partial charge in [0.05, 0.1) is 7.11 Å². The fraction of sp³-hybridized carbons (Fsp3) is 0.400. The minimum Gasteiger partial charge on any atom is -0.497 e. The van der Waals surface area contributed by atoms with E-state index < -0.39 is 18.0 Å². The summed E-state index contributed by atoms with van der Waals surface area (Å²) < 4.78 is 42.2. The lowest BCUT2D eigenvalue weighted by Gasteiger charge is -2.17. The van der Waals surface area contributed by atoms with Gasteiger partial charge in [0.2, 0.25) is 0 Å². The molecule has 0 aliphatic heterocycles. The van der Waals surface area contributed by atoms with Crippen molar-refractivity contribution in [1.29, 1.82) is 0 Å². The maximum Gasteiger partial charge on any atom is 0.402 e. The average Bonchev–Trinajstić information content (AvgIpc) is 2.25. The van der Waals surface area contributed by atoms with Gasteiger partial charge in [0.25, 0.3) is 0 Å². The van der Waals surface area contributed by atoms with Gasteiger partial charge in [0.1, 0.15) is 11.0 Å². The lowest BCUT2D eigenvalue weighted by Crippen LogP contribution is -2.32. The molecule has 90 valence electrons. The number of hydrogen-bond acceptors (Lipinski definition) is 3. The van der Waals surface area contributed by atoms with E-state index in [9.17, 15) is 13.2 Å². The highest BCUT2D eigenvalue weighted by Gasteiger charge is 2.39. The van der Waals surface area contributed by atoms with Crippen LogP contribution in [0.2, 0.25) is 0 Å². The van der Waals surface area contributed by atoms with E-state index in [2.05, 4.69) is 0 Å². The molecule has 1 aromatic rings. The fourth-order valence-electron chi connectivity index (χ4n) is 1.07. The molecule has 1 atom stereocenters. The number of methoxy groups -OCH3 is 1. The lowest BCUT2D eigenvalue weighted by atomic mass is 10.3.